The molecule has 0 saturated carbocycles. The molecule has 1 saturated heterocycles. The maximum atomic E-state index is 12.3. The van der Waals surface area contributed by atoms with Crippen molar-refractivity contribution in [3.8, 4) is 11.1 Å². The van der Waals surface area contributed by atoms with Gasteiger partial charge in [0.05, 0.1) is 0 Å². The summed E-state index contributed by atoms with van der Waals surface area (Å²) in [6.45, 7) is 2.05. The van der Waals surface area contributed by atoms with E-state index in [2.05, 4.69) is 27.5 Å². The number of carbonyl (C=O) groups excluding carboxylic acids is 1. The van der Waals surface area contributed by atoms with Crippen molar-refractivity contribution < 1.29 is 4.79 Å². The molecule has 110 valence electrons. The Labute approximate surface area is 129 Å². The van der Waals surface area contributed by atoms with E-state index < -0.39 is 0 Å². The average Bonchev–Trinajstić information content (AvgIpc) is 2.93. The molecule has 2 aromatic rings. The summed E-state index contributed by atoms with van der Waals surface area (Å²) in [6, 6.07) is 10.3. The van der Waals surface area contributed by atoms with Gasteiger partial charge in [-0.25, -0.2) is 0 Å². The van der Waals surface area contributed by atoms with E-state index in [0.29, 0.717) is 6.04 Å². The highest BCUT2D eigenvalue weighted by molar-refractivity contribution is 7.08. The normalized spacial score (nSPS) is 19.0. The first-order valence-electron chi connectivity index (χ1n) is 7.47. The molecule has 0 aliphatic carbocycles. The van der Waals surface area contributed by atoms with Gasteiger partial charge in [-0.05, 0) is 72.4 Å². The second-order valence-electron chi connectivity index (χ2n) is 5.44. The topological polar surface area (TPSA) is 41.1 Å². The van der Waals surface area contributed by atoms with Gasteiger partial charge >= 0.3 is 0 Å². The van der Waals surface area contributed by atoms with Crippen molar-refractivity contribution in [3.05, 3.63) is 46.7 Å². The van der Waals surface area contributed by atoms with Crippen molar-refractivity contribution in [3.63, 3.8) is 0 Å². The molecular weight excluding hydrogens is 280 g/mol. The van der Waals surface area contributed by atoms with Crippen LogP contribution in [-0.2, 0) is 0 Å². The third kappa shape index (κ3) is 3.71. The van der Waals surface area contributed by atoms with Crippen LogP contribution in [0.2, 0.25) is 0 Å². The Morgan fingerprint density at radius 1 is 1.10 bits per heavy atom. The van der Waals surface area contributed by atoms with E-state index in [4.69, 9.17) is 0 Å². The molecule has 3 rings (SSSR count). The number of hydrogen-bond donors (Lipinski definition) is 2. The van der Waals surface area contributed by atoms with E-state index >= 15 is 0 Å². The maximum Gasteiger partial charge on any atom is 0.251 e. The molecule has 4 heteroatoms. The van der Waals surface area contributed by atoms with Crippen molar-refractivity contribution in [2.24, 2.45) is 0 Å². The zero-order valence-electron chi connectivity index (χ0n) is 12.0. The second-order valence-corrected chi connectivity index (χ2v) is 6.22. The number of nitrogens with one attached hydrogen (secondary N) is 2. The highest BCUT2D eigenvalue weighted by Crippen LogP contribution is 2.22. The average molecular weight is 300 g/mol. The Balaban J connectivity index is 1.64. The van der Waals surface area contributed by atoms with Crippen LogP contribution >= 0.6 is 11.3 Å². The summed E-state index contributed by atoms with van der Waals surface area (Å²) in [7, 11) is 0. The molecule has 2 heterocycles. The molecule has 1 aliphatic heterocycles. The molecular formula is C17H20N2OS. The lowest BCUT2D eigenvalue weighted by atomic mass is 10.1. The molecule has 2 N–H and O–H groups in total. The number of benzene rings is 1. The smallest absolute Gasteiger partial charge is 0.251 e. The number of rotatable bonds is 3. The van der Waals surface area contributed by atoms with Crippen LogP contribution in [0.25, 0.3) is 11.1 Å². The summed E-state index contributed by atoms with van der Waals surface area (Å²) in [5.41, 5.74) is 3.11. The lowest BCUT2D eigenvalue weighted by molar-refractivity contribution is 0.0934. The summed E-state index contributed by atoms with van der Waals surface area (Å²) in [5.74, 6) is 0.0405. The van der Waals surface area contributed by atoms with Crippen molar-refractivity contribution in [2.75, 3.05) is 13.1 Å². The Kier molecular flexibility index (Phi) is 4.68. The molecule has 3 nitrogen and oxygen atoms in total. The Hall–Kier alpha value is -1.65. The first-order valence-corrected chi connectivity index (χ1v) is 8.41. The van der Waals surface area contributed by atoms with E-state index in [1.807, 2.05) is 24.3 Å². The van der Waals surface area contributed by atoms with Crippen LogP contribution < -0.4 is 10.6 Å². The summed E-state index contributed by atoms with van der Waals surface area (Å²) in [4.78, 5) is 12.3. The molecule has 1 aromatic carbocycles. The lowest BCUT2D eigenvalue weighted by Crippen LogP contribution is -2.35. The molecule has 0 radical (unpaired) electrons. The molecule has 1 aliphatic rings. The number of carbonyl (C=O) groups is 1. The van der Waals surface area contributed by atoms with Gasteiger partial charge in [-0.3, -0.25) is 4.79 Å². The zero-order valence-corrected chi connectivity index (χ0v) is 12.8. The van der Waals surface area contributed by atoms with Gasteiger partial charge in [0.25, 0.3) is 5.91 Å². The van der Waals surface area contributed by atoms with Gasteiger partial charge in [-0.1, -0.05) is 12.1 Å². The van der Waals surface area contributed by atoms with E-state index in [9.17, 15) is 4.79 Å². The molecule has 1 unspecified atom stereocenters. The number of amides is 1. The number of hydrogen-bond acceptors (Lipinski definition) is 3. The predicted molar refractivity (Wildman–Crippen MR) is 87.7 cm³/mol. The summed E-state index contributed by atoms with van der Waals surface area (Å²) >= 11 is 1.68. The lowest BCUT2D eigenvalue weighted by Gasteiger charge is -2.16. The van der Waals surface area contributed by atoms with E-state index in [1.54, 1.807) is 11.3 Å². The van der Waals surface area contributed by atoms with Crippen molar-refractivity contribution in [1.29, 1.82) is 0 Å². The SMILES string of the molecule is O=C(NC1CCCNCC1)c1ccc(-c2ccsc2)cc1. The van der Waals surface area contributed by atoms with Crippen LogP contribution in [0.5, 0.6) is 0 Å². The summed E-state index contributed by atoms with van der Waals surface area (Å²) in [5, 5.41) is 10.7. The van der Waals surface area contributed by atoms with Crippen LogP contribution in [-0.4, -0.2) is 25.0 Å². The minimum atomic E-state index is 0.0405. The van der Waals surface area contributed by atoms with Crippen molar-refractivity contribution >= 4 is 17.2 Å². The third-order valence-electron chi connectivity index (χ3n) is 3.91. The van der Waals surface area contributed by atoms with Crippen LogP contribution in [0.4, 0.5) is 0 Å². The van der Waals surface area contributed by atoms with Gasteiger partial charge < -0.3 is 10.6 Å². The predicted octanol–water partition coefficient (Wildman–Crippen LogP) is 3.29. The molecule has 21 heavy (non-hydrogen) atoms. The van der Waals surface area contributed by atoms with Gasteiger partial charge in [0, 0.05) is 11.6 Å². The highest BCUT2D eigenvalue weighted by atomic mass is 32.1. The highest BCUT2D eigenvalue weighted by Gasteiger charge is 2.15. The van der Waals surface area contributed by atoms with Crippen LogP contribution in [0.3, 0.4) is 0 Å². The monoisotopic (exact) mass is 300 g/mol. The fraction of sp³-hybridized carbons (Fsp3) is 0.353. The van der Waals surface area contributed by atoms with E-state index in [1.165, 1.54) is 5.56 Å². The first kappa shape index (κ1) is 14.3. The van der Waals surface area contributed by atoms with E-state index in [-0.39, 0.29) is 5.91 Å². The summed E-state index contributed by atoms with van der Waals surface area (Å²) < 4.78 is 0. The molecule has 1 fully saturated rings. The molecule has 0 spiro atoms. The van der Waals surface area contributed by atoms with Gasteiger partial charge in [-0.15, -0.1) is 0 Å². The van der Waals surface area contributed by atoms with Crippen molar-refractivity contribution in [1.82, 2.24) is 10.6 Å². The second kappa shape index (κ2) is 6.87. The zero-order chi connectivity index (χ0) is 14.5. The minimum absolute atomic E-state index is 0.0405. The largest absolute Gasteiger partial charge is 0.349 e. The Morgan fingerprint density at radius 2 is 1.95 bits per heavy atom. The Bertz CT molecular complexity index is 569. The van der Waals surface area contributed by atoms with Crippen LogP contribution in [0, 0.1) is 0 Å². The molecule has 1 aromatic heterocycles. The van der Waals surface area contributed by atoms with Gasteiger partial charge in [0.2, 0.25) is 0 Å². The quantitative estimate of drug-likeness (QED) is 0.913. The van der Waals surface area contributed by atoms with Crippen LogP contribution in [0.15, 0.2) is 41.1 Å². The van der Waals surface area contributed by atoms with Gasteiger partial charge in [-0.2, -0.15) is 11.3 Å². The molecule has 0 bridgehead atoms. The first-order chi connectivity index (χ1) is 10.3. The van der Waals surface area contributed by atoms with Crippen LogP contribution in [0.1, 0.15) is 29.6 Å². The standard InChI is InChI=1S/C17H20N2OS/c20-17(19-16-2-1-9-18-10-7-16)14-5-3-13(4-6-14)15-8-11-21-12-15/h3-6,8,11-12,16,18H,1-2,7,9-10H2,(H,19,20). The van der Waals surface area contributed by atoms with Gasteiger partial charge in [0.15, 0.2) is 0 Å². The maximum absolute atomic E-state index is 12.3. The van der Waals surface area contributed by atoms with Gasteiger partial charge in [0.1, 0.15) is 0 Å². The van der Waals surface area contributed by atoms with E-state index in [0.717, 1.165) is 43.5 Å². The third-order valence-corrected chi connectivity index (χ3v) is 4.60. The molecule has 1 amide bonds. The minimum Gasteiger partial charge on any atom is -0.349 e. The Morgan fingerprint density at radius 3 is 2.71 bits per heavy atom. The molecule has 1 atom stereocenters. The fourth-order valence-electron chi connectivity index (χ4n) is 2.67. The summed E-state index contributed by atoms with van der Waals surface area (Å²) in [6.07, 6.45) is 3.20. The number of thiophene rings is 1. The fourth-order valence-corrected chi connectivity index (χ4v) is 3.34. The van der Waals surface area contributed by atoms with Crippen molar-refractivity contribution in [2.45, 2.75) is 25.3 Å².